The van der Waals surface area contributed by atoms with Gasteiger partial charge in [-0.15, -0.1) is 0 Å². The molecule has 0 amide bonds. The van der Waals surface area contributed by atoms with Crippen LogP contribution in [0.1, 0.15) is 24.7 Å². The molecule has 1 heterocycles. The van der Waals surface area contributed by atoms with Crippen molar-refractivity contribution in [2.45, 2.75) is 26.7 Å². The van der Waals surface area contributed by atoms with Crippen molar-refractivity contribution >= 4 is 10.9 Å². The van der Waals surface area contributed by atoms with Crippen LogP contribution in [0.15, 0.2) is 16.9 Å². The van der Waals surface area contributed by atoms with Crippen molar-refractivity contribution in [3.63, 3.8) is 0 Å². The van der Waals surface area contributed by atoms with Crippen LogP contribution >= 0.6 is 0 Å². The lowest BCUT2D eigenvalue weighted by Gasteiger charge is -2.11. The van der Waals surface area contributed by atoms with Crippen molar-refractivity contribution in [3.05, 3.63) is 33.9 Å². The predicted octanol–water partition coefficient (Wildman–Crippen LogP) is 2.20. The van der Waals surface area contributed by atoms with E-state index >= 15 is 0 Å². The summed E-state index contributed by atoms with van der Waals surface area (Å²) in [7, 11) is 3.37. The van der Waals surface area contributed by atoms with Gasteiger partial charge in [0, 0.05) is 13.5 Å². The summed E-state index contributed by atoms with van der Waals surface area (Å²) >= 11 is 0. The van der Waals surface area contributed by atoms with Gasteiger partial charge in [-0.2, -0.15) is 0 Å². The van der Waals surface area contributed by atoms with Crippen LogP contribution in [0.25, 0.3) is 10.9 Å². The molecule has 0 aliphatic heterocycles. The van der Waals surface area contributed by atoms with Crippen molar-refractivity contribution in [1.82, 2.24) is 9.55 Å². The Morgan fingerprint density at radius 3 is 2.72 bits per heavy atom. The van der Waals surface area contributed by atoms with Crippen LogP contribution in [-0.4, -0.2) is 16.7 Å². The molecule has 96 valence electrons. The first-order chi connectivity index (χ1) is 8.58. The van der Waals surface area contributed by atoms with E-state index in [1.54, 1.807) is 24.8 Å². The van der Waals surface area contributed by atoms with Gasteiger partial charge < -0.3 is 4.74 Å². The summed E-state index contributed by atoms with van der Waals surface area (Å²) in [6.07, 6.45) is 1.79. The highest BCUT2D eigenvalue weighted by Gasteiger charge is 2.11. The Balaban J connectivity index is 2.82. The van der Waals surface area contributed by atoms with E-state index in [0.717, 1.165) is 29.7 Å². The van der Waals surface area contributed by atoms with E-state index in [2.05, 4.69) is 11.9 Å². The lowest BCUT2D eigenvalue weighted by molar-refractivity contribution is 0.415. The maximum atomic E-state index is 12.3. The van der Waals surface area contributed by atoms with Gasteiger partial charge in [-0.05, 0) is 31.0 Å². The fourth-order valence-corrected chi connectivity index (χ4v) is 2.12. The van der Waals surface area contributed by atoms with Crippen LogP contribution in [0.4, 0.5) is 0 Å². The largest absolute Gasteiger partial charge is 0.497 e. The third-order valence-electron chi connectivity index (χ3n) is 3.15. The number of hydrogen-bond donors (Lipinski definition) is 0. The van der Waals surface area contributed by atoms with E-state index in [1.807, 2.05) is 13.0 Å². The molecule has 2 rings (SSSR count). The number of methoxy groups -OCH3 is 1. The molecule has 4 nitrogen and oxygen atoms in total. The quantitative estimate of drug-likeness (QED) is 0.834. The minimum absolute atomic E-state index is 0.00884. The van der Waals surface area contributed by atoms with E-state index in [1.165, 1.54) is 0 Å². The Bertz CT molecular complexity index is 644. The number of hydrogen-bond acceptors (Lipinski definition) is 3. The molecule has 2 aromatic rings. The molecule has 4 heteroatoms. The van der Waals surface area contributed by atoms with Gasteiger partial charge in [0.1, 0.15) is 11.6 Å². The Morgan fingerprint density at radius 1 is 1.39 bits per heavy atom. The molecule has 18 heavy (non-hydrogen) atoms. The molecule has 0 saturated heterocycles. The van der Waals surface area contributed by atoms with Crippen molar-refractivity contribution in [1.29, 1.82) is 0 Å². The Hall–Kier alpha value is -1.84. The molecular formula is C14H18N2O2. The number of aromatic nitrogens is 2. The monoisotopic (exact) mass is 246 g/mol. The van der Waals surface area contributed by atoms with Gasteiger partial charge in [-0.25, -0.2) is 4.98 Å². The fraction of sp³-hybridized carbons (Fsp3) is 0.429. The first-order valence-electron chi connectivity index (χ1n) is 6.12. The minimum Gasteiger partial charge on any atom is -0.497 e. The fourth-order valence-electron chi connectivity index (χ4n) is 2.12. The summed E-state index contributed by atoms with van der Waals surface area (Å²) in [5.41, 5.74) is 1.74. The number of nitrogens with zero attached hydrogens (tertiary/aromatic N) is 2. The maximum absolute atomic E-state index is 12.3. The highest BCUT2D eigenvalue weighted by Crippen LogP contribution is 2.21. The number of aryl methyl sites for hydroxylation is 2. The summed E-state index contributed by atoms with van der Waals surface area (Å²) in [6, 6.07) is 3.66. The molecule has 0 radical (unpaired) electrons. The minimum atomic E-state index is -0.00884. The third kappa shape index (κ3) is 1.98. The standard InChI is InChI=1S/C14H18N2O2/c1-5-6-12-15-13-9(2)7-10(18-4)8-11(13)14(17)16(12)3/h7-8H,5-6H2,1-4H3. The van der Waals surface area contributed by atoms with Gasteiger partial charge in [0.25, 0.3) is 5.56 Å². The number of ether oxygens (including phenoxy) is 1. The molecule has 0 unspecified atom stereocenters. The Labute approximate surface area is 106 Å². The normalized spacial score (nSPS) is 10.9. The smallest absolute Gasteiger partial charge is 0.261 e. The first-order valence-corrected chi connectivity index (χ1v) is 6.12. The van der Waals surface area contributed by atoms with Crippen molar-refractivity contribution in [2.75, 3.05) is 7.11 Å². The molecule has 0 atom stereocenters. The third-order valence-corrected chi connectivity index (χ3v) is 3.15. The van der Waals surface area contributed by atoms with E-state index in [0.29, 0.717) is 11.1 Å². The predicted molar refractivity (Wildman–Crippen MR) is 72.3 cm³/mol. The second kappa shape index (κ2) is 4.80. The molecule has 0 aliphatic carbocycles. The van der Waals surface area contributed by atoms with Gasteiger partial charge in [-0.3, -0.25) is 9.36 Å². The summed E-state index contributed by atoms with van der Waals surface area (Å²) in [5, 5.41) is 0.620. The van der Waals surface area contributed by atoms with Gasteiger partial charge in [-0.1, -0.05) is 6.92 Å². The zero-order valence-corrected chi connectivity index (χ0v) is 11.3. The van der Waals surface area contributed by atoms with Gasteiger partial charge in [0.2, 0.25) is 0 Å². The van der Waals surface area contributed by atoms with Crippen LogP contribution < -0.4 is 10.3 Å². The van der Waals surface area contributed by atoms with Crippen LogP contribution in [0.5, 0.6) is 5.75 Å². The lowest BCUT2D eigenvalue weighted by atomic mass is 10.1. The molecule has 0 fully saturated rings. The zero-order chi connectivity index (χ0) is 13.3. The first kappa shape index (κ1) is 12.6. The van der Waals surface area contributed by atoms with E-state index in [4.69, 9.17) is 4.74 Å². The number of fused-ring (bicyclic) bond motifs is 1. The lowest BCUT2D eigenvalue weighted by Crippen LogP contribution is -2.22. The van der Waals surface area contributed by atoms with Gasteiger partial charge in [0.05, 0.1) is 18.0 Å². The zero-order valence-electron chi connectivity index (χ0n) is 11.3. The van der Waals surface area contributed by atoms with Crippen LogP contribution in [0.3, 0.4) is 0 Å². The van der Waals surface area contributed by atoms with E-state index < -0.39 is 0 Å². The Morgan fingerprint density at radius 2 is 2.11 bits per heavy atom. The second-order valence-corrected chi connectivity index (χ2v) is 4.48. The number of rotatable bonds is 3. The average molecular weight is 246 g/mol. The van der Waals surface area contributed by atoms with Crippen LogP contribution in [0, 0.1) is 6.92 Å². The van der Waals surface area contributed by atoms with E-state index in [-0.39, 0.29) is 5.56 Å². The van der Waals surface area contributed by atoms with Crippen molar-refractivity contribution in [2.24, 2.45) is 7.05 Å². The number of benzene rings is 1. The average Bonchev–Trinajstić information content (AvgIpc) is 2.36. The van der Waals surface area contributed by atoms with Crippen LogP contribution in [0.2, 0.25) is 0 Å². The molecule has 0 saturated carbocycles. The summed E-state index contributed by atoms with van der Waals surface area (Å²) in [6.45, 7) is 4.03. The molecule has 1 aromatic carbocycles. The molecule has 0 aliphatic rings. The SMILES string of the molecule is CCCc1nc2c(C)cc(OC)cc2c(=O)n1C. The van der Waals surface area contributed by atoms with E-state index in [9.17, 15) is 4.79 Å². The molecule has 0 spiro atoms. The Kier molecular flexibility index (Phi) is 3.36. The summed E-state index contributed by atoms with van der Waals surface area (Å²) < 4.78 is 6.83. The molecule has 1 aromatic heterocycles. The van der Waals surface area contributed by atoms with Crippen molar-refractivity contribution in [3.8, 4) is 5.75 Å². The van der Waals surface area contributed by atoms with Crippen molar-refractivity contribution < 1.29 is 4.74 Å². The highest BCUT2D eigenvalue weighted by atomic mass is 16.5. The highest BCUT2D eigenvalue weighted by molar-refractivity contribution is 5.82. The molecule has 0 bridgehead atoms. The molecular weight excluding hydrogens is 228 g/mol. The topological polar surface area (TPSA) is 44.1 Å². The maximum Gasteiger partial charge on any atom is 0.261 e. The van der Waals surface area contributed by atoms with Crippen LogP contribution in [-0.2, 0) is 13.5 Å². The summed E-state index contributed by atoms with van der Waals surface area (Å²) in [5.74, 6) is 1.53. The van der Waals surface area contributed by atoms with Gasteiger partial charge in [0.15, 0.2) is 0 Å². The molecule has 0 N–H and O–H groups in total. The summed E-state index contributed by atoms with van der Waals surface area (Å²) in [4.78, 5) is 16.9. The van der Waals surface area contributed by atoms with Gasteiger partial charge >= 0.3 is 0 Å². The second-order valence-electron chi connectivity index (χ2n) is 4.48.